The Balaban J connectivity index is 1.95. The van der Waals surface area contributed by atoms with E-state index in [0.29, 0.717) is 11.3 Å². The lowest BCUT2D eigenvalue weighted by molar-refractivity contribution is -0.123. The van der Waals surface area contributed by atoms with Crippen molar-refractivity contribution in [3.05, 3.63) is 65.7 Å². The van der Waals surface area contributed by atoms with Crippen LogP contribution in [0, 0.1) is 0 Å². The summed E-state index contributed by atoms with van der Waals surface area (Å²) < 4.78 is 27.6. The van der Waals surface area contributed by atoms with Crippen molar-refractivity contribution >= 4 is 27.4 Å². The predicted octanol–water partition coefficient (Wildman–Crippen LogP) is 2.42. The van der Waals surface area contributed by atoms with Crippen LogP contribution in [0.2, 0.25) is 0 Å². The molecule has 0 saturated carbocycles. The van der Waals surface area contributed by atoms with Crippen LogP contribution in [0.25, 0.3) is 0 Å². The normalized spacial score (nSPS) is 12.2. The lowest BCUT2D eigenvalue weighted by Gasteiger charge is -2.13. The van der Waals surface area contributed by atoms with E-state index in [1.54, 1.807) is 36.4 Å². The Bertz CT molecular complexity index is 845. The molecule has 0 unspecified atom stereocenters. The van der Waals surface area contributed by atoms with E-state index in [-0.39, 0.29) is 11.3 Å². The van der Waals surface area contributed by atoms with Crippen molar-refractivity contribution in [3.63, 3.8) is 0 Å². The summed E-state index contributed by atoms with van der Waals surface area (Å²) in [6, 6.07) is 14.9. The van der Waals surface area contributed by atoms with Gasteiger partial charge in [-0.05, 0) is 36.8 Å². The third-order valence-electron chi connectivity index (χ3n) is 3.31. The Morgan fingerprint density at radius 1 is 1.04 bits per heavy atom. The summed E-state index contributed by atoms with van der Waals surface area (Å²) in [5.41, 5.74) is 1.44. The smallest absolute Gasteiger partial charge is 0.338 e. The van der Waals surface area contributed by atoms with Crippen LogP contribution < -0.4 is 5.32 Å². The summed E-state index contributed by atoms with van der Waals surface area (Å²) in [7, 11) is -3.14. The van der Waals surface area contributed by atoms with Crippen LogP contribution in [0.1, 0.15) is 22.8 Å². The van der Waals surface area contributed by atoms with Crippen LogP contribution in [-0.4, -0.2) is 32.7 Å². The van der Waals surface area contributed by atoms with Crippen LogP contribution in [0.15, 0.2) is 54.6 Å². The number of hydrogen-bond acceptors (Lipinski definition) is 5. The highest BCUT2D eigenvalue weighted by molar-refractivity contribution is 7.89. The molecule has 2 rings (SSSR count). The molecule has 0 fully saturated rings. The van der Waals surface area contributed by atoms with Crippen LogP contribution in [0.5, 0.6) is 0 Å². The quantitative estimate of drug-likeness (QED) is 0.798. The molecule has 2 aromatic rings. The molecule has 0 heterocycles. The molecule has 7 heteroatoms. The van der Waals surface area contributed by atoms with Gasteiger partial charge >= 0.3 is 5.97 Å². The average Bonchev–Trinajstić information content (AvgIpc) is 2.54. The van der Waals surface area contributed by atoms with E-state index < -0.39 is 27.8 Å². The molecule has 0 aliphatic carbocycles. The summed E-state index contributed by atoms with van der Waals surface area (Å²) in [6.07, 6.45) is 0.172. The van der Waals surface area contributed by atoms with Crippen LogP contribution in [0.3, 0.4) is 0 Å². The van der Waals surface area contributed by atoms with Gasteiger partial charge in [0.1, 0.15) is 0 Å². The Kier molecular flexibility index (Phi) is 5.93. The minimum atomic E-state index is -3.14. The number of hydrogen-bond donors (Lipinski definition) is 1. The molecule has 0 bridgehead atoms. The van der Waals surface area contributed by atoms with Gasteiger partial charge in [0.25, 0.3) is 5.91 Å². The van der Waals surface area contributed by atoms with Crippen molar-refractivity contribution in [1.29, 1.82) is 0 Å². The first-order valence-corrected chi connectivity index (χ1v) is 9.64. The standard InChI is InChI=1S/C18H19NO5S/c1-13(17(20)19-16-6-4-3-5-7-16)24-18(21)15-10-8-14(9-11-15)12-25(2,22)23/h3-11,13H,12H2,1-2H3,(H,19,20)/t13-/m0/s1. The van der Waals surface area contributed by atoms with Gasteiger partial charge in [-0.2, -0.15) is 0 Å². The molecular weight excluding hydrogens is 342 g/mol. The Hall–Kier alpha value is -2.67. The SMILES string of the molecule is C[C@H](OC(=O)c1ccc(CS(C)(=O)=O)cc1)C(=O)Nc1ccccc1. The highest BCUT2D eigenvalue weighted by atomic mass is 32.2. The van der Waals surface area contributed by atoms with Gasteiger partial charge in [-0.3, -0.25) is 4.79 Å². The topological polar surface area (TPSA) is 89.5 Å². The van der Waals surface area contributed by atoms with Gasteiger partial charge in [0.15, 0.2) is 15.9 Å². The first-order chi connectivity index (χ1) is 11.7. The zero-order chi connectivity index (χ0) is 18.4. The highest BCUT2D eigenvalue weighted by Crippen LogP contribution is 2.11. The number of sulfone groups is 1. The molecule has 132 valence electrons. The number of esters is 1. The van der Waals surface area contributed by atoms with E-state index in [0.717, 1.165) is 6.26 Å². The second-order valence-corrected chi connectivity index (χ2v) is 7.81. The monoisotopic (exact) mass is 361 g/mol. The molecule has 0 spiro atoms. The zero-order valence-electron chi connectivity index (χ0n) is 13.9. The molecule has 2 aromatic carbocycles. The summed E-state index contributed by atoms with van der Waals surface area (Å²) in [5.74, 6) is -1.19. The second-order valence-electron chi connectivity index (χ2n) is 5.67. The number of amides is 1. The molecule has 0 aromatic heterocycles. The zero-order valence-corrected chi connectivity index (χ0v) is 14.7. The van der Waals surface area contributed by atoms with E-state index >= 15 is 0 Å². The summed E-state index contributed by atoms with van der Waals surface area (Å²) in [4.78, 5) is 24.1. The molecule has 0 saturated heterocycles. The molecule has 0 aliphatic heterocycles. The predicted molar refractivity (Wildman–Crippen MR) is 94.9 cm³/mol. The molecule has 6 nitrogen and oxygen atoms in total. The molecule has 1 atom stereocenters. The van der Waals surface area contributed by atoms with Crippen molar-refractivity contribution in [2.75, 3.05) is 11.6 Å². The molecular formula is C18H19NO5S. The van der Waals surface area contributed by atoms with Crippen molar-refractivity contribution in [1.82, 2.24) is 0 Å². The van der Waals surface area contributed by atoms with Gasteiger partial charge in [0.05, 0.1) is 11.3 Å². The Morgan fingerprint density at radius 2 is 1.64 bits per heavy atom. The largest absolute Gasteiger partial charge is 0.449 e. The molecule has 0 radical (unpaired) electrons. The lowest BCUT2D eigenvalue weighted by atomic mass is 10.1. The fourth-order valence-corrected chi connectivity index (χ4v) is 2.89. The van der Waals surface area contributed by atoms with Gasteiger partial charge in [0, 0.05) is 11.9 Å². The van der Waals surface area contributed by atoms with E-state index in [1.165, 1.54) is 19.1 Å². The maximum absolute atomic E-state index is 12.1. The number of carbonyl (C=O) groups is 2. The maximum Gasteiger partial charge on any atom is 0.338 e. The Morgan fingerprint density at radius 3 is 2.20 bits per heavy atom. The lowest BCUT2D eigenvalue weighted by Crippen LogP contribution is -2.30. The van der Waals surface area contributed by atoms with Crippen molar-refractivity contribution in [2.24, 2.45) is 0 Å². The fourth-order valence-electron chi connectivity index (χ4n) is 2.09. The van der Waals surface area contributed by atoms with Crippen molar-refractivity contribution < 1.29 is 22.7 Å². The highest BCUT2D eigenvalue weighted by Gasteiger charge is 2.19. The summed E-state index contributed by atoms with van der Waals surface area (Å²) in [6.45, 7) is 1.48. The van der Waals surface area contributed by atoms with Gasteiger partial charge in [0.2, 0.25) is 0 Å². The fraction of sp³-hybridized carbons (Fsp3) is 0.222. The van der Waals surface area contributed by atoms with Gasteiger partial charge in [-0.1, -0.05) is 30.3 Å². The molecule has 1 N–H and O–H groups in total. The maximum atomic E-state index is 12.1. The van der Waals surface area contributed by atoms with Crippen molar-refractivity contribution in [3.8, 4) is 0 Å². The first kappa shape index (κ1) is 18.7. The Labute approximate surface area is 146 Å². The van der Waals surface area contributed by atoms with E-state index in [4.69, 9.17) is 4.74 Å². The van der Waals surface area contributed by atoms with Crippen LogP contribution >= 0.6 is 0 Å². The van der Waals surface area contributed by atoms with E-state index in [2.05, 4.69) is 5.32 Å². The third-order valence-corrected chi connectivity index (χ3v) is 4.17. The summed E-state index contributed by atoms with van der Waals surface area (Å²) >= 11 is 0. The summed E-state index contributed by atoms with van der Waals surface area (Å²) in [5, 5.41) is 2.65. The van der Waals surface area contributed by atoms with Gasteiger partial charge in [-0.25, -0.2) is 13.2 Å². The van der Waals surface area contributed by atoms with Gasteiger partial charge in [-0.15, -0.1) is 0 Å². The second kappa shape index (κ2) is 7.94. The minimum Gasteiger partial charge on any atom is -0.449 e. The number of rotatable bonds is 6. The average molecular weight is 361 g/mol. The van der Waals surface area contributed by atoms with E-state index in [9.17, 15) is 18.0 Å². The number of ether oxygens (including phenoxy) is 1. The molecule has 25 heavy (non-hydrogen) atoms. The molecule has 1 amide bonds. The minimum absolute atomic E-state index is 0.0990. The third kappa shape index (κ3) is 6.04. The van der Waals surface area contributed by atoms with E-state index in [1.807, 2.05) is 6.07 Å². The number of carbonyl (C=O) groups excluding carboxylic acids is 2. The number of anilines is 1. The molecule has 0 aliphatic rings. The van der Waals surface area contributed by atoms with Crippen LogP contribution in [0.4, 0.5) is 5.69 Å². The number of nitrogens with one attached hydrogen (secondary N) is 1. The number of para-hydroxylation sites is 1. The van der Waals surface area contributed by atoms with Gasteiger partial charge < -0.3 is 10.1 Å². The van der Waals surface area contributed by atoms with Crippen molar-refractivity contribution in [2.45, 2.75) is 18.8 Å². The van der Waals surface area contributed by atoms with Crippen LogP contribution in [-0.2, 0) is 25.1 Å². The first-order valence-electron chi connectivity index (χ1n) is 7.58. The number of benzene rings is 2.